The highest BCUT2D eigenvalue weighted by atomic mass is 19.4. The van der Waals surface area contributed by atoms with Gasteiger partial charge >= 0.3 is 6.18 Å². The van der Waals surface area contributed by atoms with Crippen LogP contribution in [0.4, 0.5) is 13.2 Å². The number of para-hydroxylation sites is 1. The third-order valence-electron chi connectivity index (χ3n) is 5.88. The molecule has 0 bridgehead atoms. The van der Waals surface area contributed by atoms with Crippen LogP contribution in [0.3, 0.4) is 0 Å². The number of fused-ring (bicyclic) bond motifs is 2. The van der Waals surface area contributed by atoms with E-state index in [1.54, 1.807) is 18.2 Å². The minimum absolute atomic E-state index is 0.0778. The van der Waals surface area contributed by atoms with Crippen molar-refractivity contribution in [3.8, 4) is 23.3 Å². The molecular formula is C23H20F3N7O. The summed E-state index contributed by atoms with van der Waals surface area (Å²) in [4.78, 5) is 5.99. The van der Waals surface area contributed by atoms with E-state index in [-0.39, 0.29) is 31.3 Å². The predicted molar refractivity (Wildman–Crippen MR) is 118 cm³/mol. The molecule has 11 heteroatoms. The van der Waals surface area contributed by atoms with Crippen molar-refractivity contribution in [3.63, 3.8) is 0 Å². The second-order valence-corrected chi connectivity index (χ2v) is 8.17. The lowest BCUT2D eigenvalue weighted by Gasteiger charge is -2.30. The zero-order chi connectivity index (χ0) is 23.9. The second-order valence-electron chi connectivity index (χ2n) is 8.17. The monoisotopic (exact) mass is 467 g/mol. The molecule has 0 aliphatic carbocycles. The van der Waals surface area contributed by atoms with E-state index in [1.165, 1.54) is 27.6 Å². The van der Waals surface area contributed by atoms with Gasteiger partial charge in [-0.3, -0.25) is 9.30 Å². The summed E-state index contributed by atoms with van der Waals surface area (Å²) in [5.74, 6) is 0.728. The number of halogens is 3. The fourth-order valence-electron chi connectivity index (χ4n) is 4.37. The molecule has 0 radical (unpaired) electrons. The van der Waals surface area contributed by atoms with Gasteiger partial charge in [0.2, 0.25) is 0 Å². The molecule has 1 aromatic carbocycles. The van der Waals surface area contributed by atoms with E-state index in [4.69, 9.17) is 15.7 Å². The number of nitriles is 1. The van der Waals surface area contributed by atoms with Gasteiger partial charge in [-0.15, -0.1) is 10.2 Å². The number of pyridine rings is 2. The van der Waals surface area contributed by atoms with E-state index in [0.29, 0.717) is 34.9 Å². The van der Waals surface area contributed by atoms with Crippen molar-refractivity contribution in [1.29, 1.82) is 5.26 Å². The lowest BCUT2D eigenvalue weighted by atomic mass is 10.1. The number of nitrogens with zero attached hydrogens (tertiary/aromatic N) is 6. The summed E-state index contributed by atoms with van der Waals surface area (Å²) in [6.45, 7) is 0.312. The summed E-state index contributed by atoms with van der Waals surface area (Å²) in [6.07, 6.45) is -2.54. The highest BCUT2D eigenvalue weighted by Crippen LogP contribution is 2.39. The Kier molecular flexibility index (Phi) is 5.55. The van der Waals surface area contributed by atoms with Crippen molar-refractivity contribution in [2.45, 2.75) is 24.7 Å². The quantitative estimate of drug-likeness (QED) is 0.479. The van der Waals surface area contributed by atoms with Crippen molar-refractivity contribution in [3.05, 3.63) is 54.2 Å². The van der Waals surface area contributed by atoms with Gasteiger partial charge in [0.1, 0.15) is 29.1 Å². The van der Waals surface area contributed by atoms with Crippen LogP contribution in [0, 0.1) is 11.3 Å². The Balaban J connectivity index is 1.60. The highest BCUT2D eigenvalue weighted by molar-refractivity contribution is 5.86. The maximum Gasteiger partial charge on any atom is 0.408 e. The van der Waals surface area contributed by atoms with E-state index in [2.05, 4.69) is 15.2 Å². The van der Waals surface area contributed by atoms with Crippen molar-refractivity contribution in [2.75, 3.05) is 19.7 Å². The van der Waals surface area contributed by atoms with Crippen molar-refractivity contribution >= 4 is 16.6 Å². The topological polar surface area (TPSA) is 105 Å². The van der Waals surface area contributed by atoms with Gasteiger partial charge in [0.15, 0.2) is 18.1 Å². The van der Waals surface area contributed by atoms with Crippen LogP contribution in [-0.4, -0.2) is 56.4 Å². The summed E-state index contributed by atoms with van der Waals surface area (Å²) in [7, 11) is 0. The fraction of sp³-hybridized carbons (Fsp3) is 0.304. The van der Waals surface area contributed by atoms with Gasteiger partial charge < -0.3 is 10.5 Å². The van der Waals surface area contributed by atoms with Crippen molar-refractivity contribution in [2.24, 2.45) is 5.73 Å². The Morgan fingerprint density at radius 3 is 2.76 bits per heavy atom. The van der Waals surface area contributed by atoms with Gasteiger partial charge in [0.05, 0.1) is 0 Å². The molecule has 2 N–H and O–H groups in total. The number of hydrogen-bond donors (Lipinski definition) is 1. The van der Waals surface area contributed by atoms with Crippen LogP contribution in [0.1, 0.15) is 18.0 Å². The van der Waals surface area contributed by atoms with Crippen molar-refractivity contribution < 1.29 is 17.9 Å². The Bertz CT molecular complexity index is 1400. The first-order chi connectivity index (χ1) is 16.3. The predicted octanol–water partition coefficient (Wildman–Crippen LogP) is 3.48. The molecule has 3 aromatic heterocycles. The first kappa shape index (κ1) is 22.1. The lowest BCUT2D eigenvalue weighted by molar-refractivity contribution is -0.183. The van der Waals surface area contributed by atoms with E-state index >= 15 is 0 Å². The third-order valence-corrected chi connectivity index (χ3v) is 5.88. The molecule has 5 rings (SSSR count). The van der Waals surface area contributed by atoms with Crippen LogP contribution < -0.4 is 10.5 Å². The first-order valence-electron chi connectivity index (χ1n) is 10.7. The van der Waals surface area contributed by atoms with Crippen LogP contribution in [0.5, 0.6) is 5.75 Å². The summed E-state index contributed by atoms with van der Waals surface area (Å²) in [5, 5.41) is 17.9. The number of likely N-dealkylation sites (tertiary alicyclic amines) is 1. The lowest BCUT2D eigenvalue weighted by Crippen LogP contribution is -2.38. The molecule has 1 aliphatic rings. The number of nitrogens with two attached hydrogens (primary N) is 1. The largest absolute Gasteiger partial charge is 0.476 e. The smallest absolute Gasteiger partial charge is 0.408 e. The maximum atomic E-state index is 14.1. The molecule has 1 saturated heterocycles. The summed E-state index contributed by atoms with van der Waals surface area (Å²) in [6, 6.07) is 11.7. The molecule has 1 aliphatic heterocycles. The molecule has 0 saturated carbocycles. The summed E-state index contributed by atoms with van der Waals surface area (Å²) >= 11 is 0. The molecule has 1 unspecified atom stereocenters. The average molecular weight is 467 g/mol. The van der Waals surface area contributed by atoms with Gasteiger partial charge in [0.25, 0.3) is 0 Å². The van der Waals surface area contributed by atoms with Gasteiger partial charge in [-0.25, -0.2) is 4.98 Å². The van der Waals surface area contributed by atoms with Crippen LogP contribution in [0.15, 0.2) is 48.7 Å². The number of hydrogen-bond acceptors (Lipinski definition) is 7. The zero-order valence-corrected chi connectivity index (χ0v) is 17.9. The molecule has 4 heterocycles. The fourth-order valence-corrected chi connectivity index (χ4v) is 4.37. The number of alkyl halides is 3. The van der Waals surface area contributed by atoms with E-state index < -0.39 is 12.2 Å². The zero-order valence-electron chi connectivity index (χ0n) is 17.9. The Hall–Kier alpha value is -3.75. The maximum absolute atomic E-state index is 14.1. The molecule has 1 fully saturated rings. The summed E-state index contributed by atoms with van der Waals surface area (Å²) < 4.78 is 49.2. The number of rotatable bonds is 5. The molecular weight excluding hydrogens is 447 g/mol. The molecule has 4 aromatic rings. The average Bonchev–Trinajstić information content (AvgIpc) is 3.42. The molecule has 0 amide bonds. The first-order valence-corrected chi connectivity index (χ1v) is 10.7. The minimum Gasteiger partial charge on any atom is -0.476 e. The van der Waals surface area contributed by atoms with Gasteiger partial charge in [-0.2, -0.15) is 18.4 Å². The summed E-state index contributed by atoms with van der Waals surface area (Å²) in [5.41, 5.74) is 7.28. The van der Waals surface area contributed by atoms with Crippen LogP contribution >= 0.6 is 0 Å². The van der Waals surface area contributed by atoms with Gasteiger partial charge in [0, 0.05) is 30.7 Å². The normalized spacial score (nSPS) is 17.8. The number of benzene rings is 1. The van der Waals surface area contributed by atoms with E-state index in [9.17, 15) is 13.2 Å². The second kappa shape index (κ2) is 8.55. The Morgan fingerprint density at radius 2 is 2.03 bits per heavy atom. The van der Waals surface area contributed by atoms with Gasteiger partial charge in [-0.05, 0) is 30.2 Å². The standard InChI is InChI=1S/C23H20F3N7O/c24-23(25,26)21(32-10-8-16(28)13-32)15-5-7-19-30-31-22(33(19)12-15)17-6-4-14-2-1-3-18(20(14)29-17)34-11-9-27/h1-7,12,16,21H,8,10-11,13,28H2/t16?,21-/m1/s1. The number of aromatic nitrogens is 4. The van der Waals surface area contributed by atoms with Crippen LogP contribution in [-0.2, 0) is 0 Å². The highest BCUT2D eigenvalue weighted by Gasteiger charge is 2.46. The molecule has 174 valence electrons. The van der Waals surface area contributed by atoms with Crippen molar-refractivity contribution in [1.82, 2.24) is 24.5 Å². The third kappa shape index (κ3) is 4.02. The molecule has 0 spiro atoms. The van der Waals surface area contributed by atoms with E-state index in [1.807, 2.05) is 18.2 Å². The van der Waals surface area contributed by atoms with Gasteiger partial charge in [-0.1, -0.05) is 24.3 Å². The number of ether oxygens (including phenoxy) is 1. The van der Waals surface area contributed by atoms with E-state index in [0.717, 1.165) is 5.39 Å². The molecule has 8 nitrogen and oxygen atoms in total. The van der Waals surface area contributed by atoms with Crippen LogP contribution in [0.25, 0.3) is 28.1 Å². The van der Waals surface area contributed by atoms with Crippen LogP contribution in [0.2, 0.25) is 0 Å². The minimum atomic E-state index is -4.47. The SMILES string of the molecule is N#CCOc1cccc2ccc(-c3nnc4ccc([C@@H](N5CCC(N)C5)C(F)(F)F)cn34)nc12. The molecule has 34 heavy (non-hydrogen) atoms. The Morgan fingerprint density at radius 1 is 1.18 bits per heavy atom. The Labute approximate surface area is 192 Å². The molecule has 2 atom stereocenters.